The number of rotatable bonds is 9. The molecule has 0 fully saturated rings. The lowest BCUT2D eigenvalue weighted by Gasteiger charge is -2.08. The molecule has 2 aromatic carbocycles. The number of nitrogens with zero attached hydrogens (tertiary/aromatic N) is 6. The van der Waals surface area contributed by atoms with Gasteiger partial charge >= 0.3 is 0 Å². The molecular formula is C22H22N8O3S. The van der Waals surface area contributed by atoms with Crippen molar-refractivity contribution < 1.29 is 14.2 Å². The van der Waals surface area contributed by atoms with E-state index in [0.717, 1.165) is 16.2 Å². The standard InChI is InChI=1S/C22H22N8O3S/c1-14(12-15-8-6-7-11-18(15)32-2)24-26-22(31)19-17(13-34-16-9-4-3-5-10-16)30(29-25-19)21-20(23)27-33-28-21/h3-11H,12-13H2,1-2H3,(H2,23,27)(H,26,31)/b24-14-. The Morgan fingerprint density at radius 2 is 1.94 bits per heavy atom. The molecule has 3 N–H and O–H groups in total. The number of carbonyl (C=O) groups is 1. The first-order valence-corrected chi connectivity index (χ1v) is 11.2. The molecular weight excluding hydrogens is 456 g/mol. The summed E-state index contributed by atoms with van der Waals surface area (Å²) in [4.78, 5) is 14.0. The molecule has 0 saturated heterocycles. The molecule has 174 valence electrons. The average molecular weight is 479 g/mol. The predicted octanol–water partition coefficient (Wildman–Crippen LogP) is 2.88. The van der Waals surface area contributed by atoms with E-state index in [2.05, 4.69) is 35.8 Å². The first-order valence-electron chi connectivity index (χ1n) is 10.2. The van der Waals surface area contributed by atoms with E-state index < -0.39 is 5.91 Å². The second-order valence-electron chi connectivity index (χ2n) is 7.15. The van der Waals surface area contributed by atoms with Crippen LogP contribution in [0.25, 0.3) is 5.82 Å². The van der Waals surface area contributed by atoms with Crippen molar-refractivity contribution in [3.05, 3.63) is 71.5 Å². The van der Waals surface area contributed by atoms with E-state index in [4.69, 9.17) is 10.5 Å². The lowest BCUT2D eigenvalue weighted by molar-refractivity contribution is 0.0949. The fraction of sp³-hybridized carbons (Fsp3) is 0.182. The molecule has 11 nitrogen and oxygen atoms in total. The number of amides is 1. The Labute approximate surface area is 199 Å². The molecule has 0 atom stereocenters. The summed E-state index contributed by atoms with van der Waals surface area (Å²) >= 11 is 1.51. The van der Waals surface area contributed by atoms with Gasteiger partial charge in [0, 0.05) is 22.8 Å². The summed E-state index contributed by atoms with van der Waals surface area (Å²) in [5.74, 6) is 0.810. The first kappa shape index (κ1) is 23.0. The molecule has 0 saturated carbocycles. The van der Waals surface area contributed by atoms with Gasteiger partial charge < -0.3 is 10.5 Å². The zero-order chi connectivity index (χ0) is 23.9. The number of hydrogen-bond acceptors (Lipinski definition) is 10. The highest BCUT2D eigenvalue weighted by Gasteiger charge is 2.24. The maximum absolute atomic E-state index is 13.0. The molecule has 12 heteroatoms. The van der Waals surface area contributed by atoms with Gasteiger partial charge in [-0.2, -0.15) is 9.78 Å². The van der Waals surface area contributed by atoms with Crippen molar-refractivity contribution in [1.82, 2.24) is 30.7 Å². The molecule has 34 heavy (non-hydrogen) atoms. The van der Waals surface area contributed by atoms with Crippen LogP contribution >= 0.6 is 11.8 Å². The summed E-state index contributed by atoms with van der Waals surface area (Å²) < 4.78 is 11.4. The Morgan fingerprint density at radius 1 is 1.18 bits per heavy atom. The Balaban J connectivity index is 1.55. The van der Waals surface area contributed by atoms with Crippen LogP contribution in [0, 0.1) is 0 Å². The number of ether oxygens (including phenoxy) is 1. The predicted molar refractivity (Wildman–Crippen MR) is 127 cm³/mol. The first-order chi connectivity index (χ1) is 16.6. The van der Waals surface area contributed by atoms with Crippen molar-refractivity contribution >= 4 is 29.2 Å². The zero-order valence-corrected chi connectivity index (χ0v) is 19.3. The lowest BCUT2D eigenvalue weighted by atomic mass is 10.1. The average Bonchev–Trinajstić information content (AvgIpc) is 3.47. The smallest absolute Gasteiger partial charge is 0.293 e. The number of nitrogens with one attached hydrogen (secondary N) is 1. The van der Waals surface area contributed by atoms with Gasteiger partial charge in [-0.1, -0.05) is 41.6 Å². The minimum atomic E-state index is -0.510. The van der Waals surface area contributed by atoms with Crippen molar-refractivity contribution in [2.24, 2.45) is 5.10 Å². The summed E-state index contributed by atoms with van der Waals surface area (Å²) in [5.41, 5.74) is 10.6. The molecule has 1 amide bonds. The fourth-order valence-electron chi connectivity index (χ4n) is 3.15. The Kier molecular flexibility index (Phi) is 7.18. The van der Waals surface area contributed by atoms with E-state index in [-0.39, 0.29) is 17.3 Å². The lowest BCUT2D eigenvalue weighted by Crippen LogP contribution is -2.22. The van der Waals surface area contributed by atoms with E-state index in [9.17, 15) is 4.79 Å². The molecule has 4 aromatic rings. The summed E-state index contributed by atoms with van der Waals surface area (Å²) in [6.07, 6.45) is 0.509. The van der Waals surface area contributed by atoms with Crippen molar-refractivity contribution in [2.75, 3.05) is 12.8 Å². The molecule has 0 unspecified atom stereocenters. The molecule has 2 heterocycles. The van der Waals surface area contributed by atoms with Crippen LogP contribution in [-0.2, 0) is 12.2 Å². The minimum absolute atomic E-state index is 0.0356. The third-order valence-corrected chi connectivity index (χ3v) is 5.80. The molecule has 4 rings (SSSR count). The molecule has 0 aliphatic carbocycles. The van der Waals surface area contributed by atoms with Crippen LogP contribution in [0.5, 0.6) is 5.75 Å². The number of nitrogens with two attached hydrogens (primary N) is 1. The van der Waals surface area contributed by atoms with E-state index in [1.807, 2.05) is 61.5 Å². The monoisotopic (exact) mass is 478 g/mol. The summed E-state index contributed by atoms with van der Waals surface area (Å²) in [5, 5.41) is 19.7. The number of carbonyl (C=O) groups excluding carboxylic acids is 1. The van der Waals surface area contributed by atoms with Crippen LogP contribution < -0.4 is 15.9 Å². The quantitative estimate of drug-likeness (QED) is 0.210. The molecule has 0 aliphatic rings. The normalized spacial score (nSPS) is 11.4. The van der Waals surface area contributed by atoms with Gasteiger partial charge in [0.2, 0.25) is 11.6 Å². The van der Waals surface area contributed by atoms with Crippen molar-refractivity contribution in [2.45, 2.75) is 24.0 Å². The topological polar surface area (TPSA) is 146 Å². The second-order valence-corrected chi connectivity index (χ2v) is 8.20. The highest BCUT2D eigenvalue weighted by atomic mass is 32.2. The second kappa shape index (κ2) is 10.6. The van der Waals surface area contributed by atoms with Crippen LogP contribution in [0.3, 0.4) is 0 Å². The summed E-state index contributed by atoms with van der Waals surface area (Å²) in [7, 11) is 1.61. The maximum atomic E-state index is 13.0. The number of methoxy groups -OCH3 is 1. The van der Waals surface area contributed by atoms with Crippen molar-refractivity contribution in [3.8, 4) is 11.6 Å². The summed E-state index contributed by atoms with van der Waals surface area (Å²) in [6, 6.07) is 17.4. The number of hydrazone groups is 1. The van der Waals surface area contributed by atoms with Gasteiger partial charge in [0.15, 0.2) is 5.69 Å². The third-order valence-electron chi connectivity index (χ3n) is 4.78. The number of aromatic nitrogens is 5. The van der Waals surface area contributed by atoms with Gasteiger partial charge in [-0.3, -0.25) is 4.79 Å². The number of anilines is 1. The van der Waals surface area contributed by atoms with Gasteiger partial charge in [0.05, 0.1) is 12.8 Å². The van der Waals surface area contributed by atoms with Crippen LogP contribution in [0.4, 0.5) is 5.82 Å². The van der Waals surface area contributed by atoms with Gasteiger partial charge in [-0.05, 0) is 41.0 Å². The number of benzene rings is 2. The molecule has 0 aliphatic heterocycles. The van der Waals surface area contributed by atoms with E-state index in [1.54, 1.807) is 7.11 Å². The van der Waals surface area contributed by atoms with Gasteiger partial charge in [0.1, 0.15) is 5.75 Å². The molecule has 2 aromatic heterocycles. The maximum Gasteiger partial charge on any atom is 0.293 e. The Morgan fingerprint density at radius 3 is 2.68 bits per heavy atom. The number of hydrogen-bond donors (Lipinski definition) is 2. The van der Waals surface area contributed by atoms with E-state index >= 15 is 0 Å². The van der Waals surface area contributed by atoms with Crippen LogP contribution in [0.2, 0.25) is 0 Å². The number of thioether (sulfide) groups is 1. The van der Waals surface area contributed by atoms with Gasteiger partial charge in [-0.25, -0.2) is 10.1 Å². The van der Waals surface area contributed by atoms with Gasteiger partial charge in [-0.15, -0.1) is 16.9 Å². The van der Waals surface area contributed by atoms with E-state index in [1.165, 1.54) is 16.4 Å². The minimum Gasteiger partial charge on any atom is -0.496 e. The van der Waals surface area contributed by atoms with Crippen LogP contribution in [0.1, 0.15) is 28.7 Å². The highest BCUT2D eigenvalue weighted by Crippen LogP contribution is 2.26. The molecule has 0 bridgehead atoms. The van der Waals surface area contributed by atoms with Crippen molar-refractivity contribution in [1.29, 1.82) is 0 Å². The largest absolute Gasteiger partial charge is 0.496 e. The van der Waals surface area contributed by atoms with E-state index in [0.29, 0.717) is 23.6 Å². The molecule has 0 spiro atoms. The number of nitrogen functional groups attached to an aromatic ring is 1. The Bertz CT molecular complexity index is 1300. The fourth-order valence-corrected chi connectivity index (χ4v) is 4.06. The Hall–Kier alpha value is -4.19. The highest BCUT2D eigenvalue weighted by molar-refractivity contribution is 7.98. The van der Waals surface area contributed by atoms with Crippen LogP contribution in [0.15, 0.2) is 69.2 Å². The number of para-hydroxylation sites is 1. The van der Waals surface area contributed by atoms with Gasteiger partial charge in [0.25, 0.3) is 5.91 Å². The van der Waals surface area contributed by atoms with Crippen molar-refractivity contribution in [3.63, 3.8) is 0 Å². The third kappa shape index (κ3) is 5.23. The summed E-state index contributed by atoms with van der Waals surface area (Å²) in [6.45, 7) is 1.82. The zero-order valence-electron chi connectivity index (χ0n) is 18.5. The SMILES string of the molecule is COc1ccccc1C/C(C)=N\NC(=O)c1nnn(-c2nonc2N)c1CSc1ccccc1. The molecule has 0 radical (unpaired) electrons. The van der Waals surface area contributed by atoms with Crippen LogP contribution in [-0.4, -0.2) is 44.0 Å².